The van der Waals surface area contributed by atoms with E-state index in [0.717, 1.165) is 50.7 Å². The third kappa shape index (κ3) is 5.14. The average Bonchev–Trinajstić information content (AvgIpc) is 2.82. The molecule has 176 valence electrons. The van der Waals surface area contributed by atoms with E-state index in [1.807, 2.05) is 0 Å². The zero-order valence-corrected chi connectivity index (χ0v) is 21.0. The Kier molecular flexibility index (Phi) is 6.13. The molecule has 0 bridgehead atoms. The summed E-state index contributed by atoms with van der Waals surface area (Å²) < 4.78 is 0. The maximum absolute atomic E-state index is 5.56. The molecule has 3 aromatic rings. The lowest BCUT2D eigenvalue weighted by atomic mass is 9.99. The number of benzene rings is 2. The molecule has 2 N–H and O–H groups in total. The summed E-state index contributed by atoms with van der Waals surface area (Å²) in [7, 11) is 0. The van der Waals surface area contributed by atoms with Crippen molar-refractivity contribution in [3.63, 3.8) is 0 Å². The first-order valence-electron chi connectivity index (χ1n) is 12.0. The molecule has 0 amide bonds. The van der Waals surface area contributed by atoms with Crippen LogP contribution >= 0.6 is 12.2 Å². The van der Waals surface area contributed by atoms with E-state index >= 15 is 0 Å². The second-order valence-corrected chi connectivity index (χ2v) is 10.5. The van der Waals surface area contributed by atoms with E-state index < -0.39 is 0 Å². The number of hydrogen-bond acceptors (Lipinski definition) is 5. The number of anilines is 3. The predicted octanol–water partition coefficient (Wildman–Crippen LogP) is 4.69. The normalized spacial score (nSPS) is 15.4. The summed E-state index contributed by atoms with van der Waals surface area (Å²) in [6, 6.07) is 19.5. The van der Waals surface area contributed by atoms with Gasteiger partial charge in [0.15, 0.2) is 5.11 Å². The maximum atomic E-state index is 5.56. The lowest BCUT2D eigenvalue weighted by Gasteiger charge is -2.33. The van der Waals surface area contributed by atoms with Gasteiger partial charge in [-0.3, -0.25) is 0 Å². The van der Waals surface area contributed by atoms with Crippen molar-refractivity contribution in [1.29, 1.82) is 0 Å². The van der Waals surface area contributed by atoms with Gasteiger partial charge in [-0.05, 0) is 68.1 Å². The highest BCUT2D eigenvalue weighted by molar-refractivity contribution is 7.80. The van der Waals surface area contributed by atoms with Crippen LogP contribution in [0.1, 0.15) is 43.0 Å². The van der Waals surface area contributed by atoms with E-state index in [4.69, 9.17) is 22.2 Å². The second kappa shape index (κ2) is 9.22. The molecule has 0 unspecified atom stereocenters. The van der Waals surface area contributed by atoms with Crippen molar-refractivity contribution < 1.29 is 0 Å². The number of nitrogens with one attached hydrogen (secondary N) is 2. The predicted molar refractivity (Wildman–Crippen MR) is 144 cm³/mol. The molecule has 6 nitrogen and oxygen atoms in total. The minimum absolute atomic E-state index is 0.141. The monoisotopic (exact) mass is 472 g/mol. The Morgan fingerprint density at radius 1 is 0.794 bits per heavy atom. The molecule has 2 aromatic carbocycles. The van der Waals surface area contributed by atoms with Crippen molar-refractivity contribution in [3.8, 4) is 0 Å². The third-order valence-electron chi connectivity index (χ3n) is 6.32. The number of thiocarbonyl (C=S) groups is 1. The molecule has 2 aliphatic heterocycles. The van der Waals surface area contributed by atoms with Crippen molar-refractivity contribution in [2.24, 2.45) is 0 Å². The molecule has 1 aromatic heterocycles. The third-order valence-corrected chi connectivity index (χ3v) is 6.53. The van der Waals surface area contributed by atoms with Crippen LogP contribution in [0.15, 0.2) is 54.6 Å². The van der Waals surface area contributed by atoms with E-state index in [2.05, 4.69) is 95.8 Å². The van der Waals surface area contributed by atoms with Crippen LogP contribution in [0.2, 0.25) is 0 Å². The van der Waals surface area contributed by atoms with Crippen molar-refractivity contribution in [2.75, 3.05) is 28.2 Å². The Hall–Kier alpha value is -3.19. The minimum Gasteiger partial charge on any atom is -0.358 e. The average molecular weight is 473 g/mol. The second-order valence-electron chi connectivity index (χ2n) is 10.1. The molecule has 0 saturated heterocycles. The van der Waals surface area contributed by atoms with Crippen LogP contribution in [0, 0.1) is 0 Å². The molecule has 0 atom stereocenters. The van der Waals surface area contributed by atoms with Gasteiger partial charge >= 0.3 is 0 Å². The van der Waals surface area contributed by atoms with Gasteiger partial charge in [-0.1, -0.05) is 48.5 Å². The van der Waals surface area contributed by atoms with E-state index in [1.165, 1.54) is 22.3 Å². The molecule has 0 spiro atoms. The molecule has 0 radical (unpaired) electrons. The van der Waals surface area contributed by atoms with Crippen LogP contribution in [0.3, 0.4) is 0 Å². The first kappa shape index (κ1) is 22.6. The minimum atomic E-state index is -0.141. The quantitative estimate of drug-likeness (QED) is 0.537. The molecule has 3 heterocycles. The molecule has 7 heteroatoms. The molecule has 2 aliphatic rings. The standard InChI is InChI=1S/C27H32N6S/c1-27(2,3)31-26(34)30-25-28-23(32-14-12-19-8-4-6-10-21(19)17-32)16-24(29-25)33-15-13-20-9-5-7-11-22(20)18-33/h4-11,16H,12-15,17-18H2,1-3H3,(H2,28,29,30,31,34). The van der Waals surface area contributed by atoms with Gasteiger partial charge in [0.1, 0.15) is 11.6 Å². The number of rotatable bonds is 3. The highest BCUT2D eigenvalue weighted by Crippen LogP contribution is 2.29. The Morgan fingerprint density at radius 3 is 1.74 bits per heavy atom. The van der Waals surface area contributed by atoms with Crippen molar-refractivity contribution in [3.05, 3.63) is 76.9 Å². The number of hydrogen-bond donors (Lipinski definition) is 2. The maximum Gasteiger partial charge on any atom is 0.232 e. The first-order valence-corrected chi connectivity index (χ1v) is 12.4. The first-order chi connectivity index (χ1) is 16.3. The van der Waals surface area contributed by atoms with Gasteiger partial charge in [0.2, 0.25) is 5.95 Å². The topological polar surface area (TPSA) is 56.3 Å². The summed E-state index contributed by atoms with van der Waals surface area (Å²) in [6.45, 7) is 9.81. The highest BCUT2D eigenvalue weighted by Gasteiger charge is 2.23. The Labute approximate surface area is 207 Å². The van der Waals surface area contributed by atoms with Crippen LogP contribution in [0.25, 0.3) is 0 Å². The number of fused-ring (bicyclic) bond motifs is 2. The van der Waals surface area contributed by atoms with Gasteiger partial charge in [0, 0.05) is 37.8 Å². The molecule has 0 saturated carbocycles. The number of aromatic nitrogens is 2. The van der Waals surface area contributed by atoms with Crippen LogP contribution in [-0.2, 0) is 25.9 Å². The lowest BCUT2D eigenvalue weighted by molar-refractivity contribution is 0.514. The van der Waals surface area contributed by atoms with Crippen molar-refractivity contribution in [2.45, 2.75) is 52.2 Å². The van der Waals surface area contributed by atoms with E-state index in [0.29, 0.717) is 11.1 Å². The van der Waals surface area contributed by atoms with Crippen LogP contribution in [-0.4, -0.2) is 33.7 Å². The SMILES string of the molecule is CC(C)(C)NC(=S)Nc1nc(N2CCc3ccccc3C2)cc(N2CCc3ccccc3C2)n1. The lowest BCUT2D eigenvalue weighted by Crippen LogP contribution is -2.43. The van der Waals surface area contributed by atoms with Gasteiger partial charge in [-0.25, -0.2) is 0 Å². The molecular formula is C27H32N6S. The summed E-state index contributed by atoms with van der Waals surface area (Å²) >= 11 is 5.56. The van der Waals surface area contributed by atoms with Crippen LogP contribution in [0.5, 0.6) is 0 Å². The van der Waals surface area contributed by atoms with Crippen LogP contribution < -0.4 is 20.4 Å². The fourth-order valence-electron chi connectivity index (χ4n) is 4.66. The van der Waals surface area contributed by atoms with Gasteiger partial charge in [-0.15, -0.1) is 0 Å². The Bertz CT molecular complexity index is 1130. The highest BCUT2D eigenvalue weighted by atomic mass is 32.1. The molecule has 34 heavy (non-hydrogen) atoms. The summed E-state index contributed by atoms with van der Waals surface area (Å²) in [5, 5.41) is 7.08. The van der Waals surface area contributed by atoms with Crippen LogP contribution in [0.4, 0.5) is 17.6 Å². The van der Waals surface area contributed by atoms with E-state index in [-0.39, 0.29) is 5.54 Å². The van der Waals surface area contributed by atoms with Gasteiger partial charge < -0.3 is 20.4 Å². The molecule has 0 fully saturated rings. The fraction of sp³-hybridized carbons (Fsp3) is 0.370. The van der Waals surface area contributed by atoms with Crippen molar-refractivity contribution in [1.82, 2.24) is 15.3 Å². The Balaban J connectivity index is 1.45. The zero-order chi connectivity index (χ0) is 23.7. The van der Waals surface area contributed by atoms with Gasteiger partial charge in [-0.2, -0.15) is 9.97 Å². The largest absolute Gasteiger partial charge is 0.358 e. The van der Waals surface area contributed by atoms with E-state index in [1.54, 1.807) is 0 Å². The molecular weight excluding hydrogens is 440 g/mol. The molecule has 0 aliphatic carbocycles. The zero-order valence-electron chi connectivity index (χ0n) is 20.1. The summed E-state index contributed by atoms with van der Waals surface area (Å²) in [5.74, 6) is 2.39. The van der Waals surface area contributed by atoms with E-state index in [9.17, 15) is 0 Å². The molecule has 5 rings (SSSR count). The Morgan fingerprint density at radius 2 is 1.26 bits per heavy atom. The summed E-state index contributed by atoms with van der Waals surface area (Å²) in [5.41, 5.74) is 5.43. The smallest absolute Gasteiger partial charge is 0.232 e. The van der Waals surface area contributed by atoms with Crippen molar-refractivity contribution >= 4 is 34.9 Å². The van der Waals surface area contributed by atoms with Gasteiger partial charge in [0.25, 0.3) is 0 Å². The summed E-state index contributed by atoms with van der Waals surface area (Å²) in [4.78, 5) is 14.5. The van der Waals surface area contributed by atoms with Gasteiger partial charge in [0.05, 0.1) is 0 Å². The number of nitrogens with zero attached hydrogens (tertiary/aromatic N) is 4. The fourth-order valence-corrected chi connectivity index (χ4v) is 5.06. The summed E-state index contributed by atoms with van der Waals surface area (Å²) in [6.07, 6.45) is 2.03.